The van der Waals surface area contributed by atoms with Crippen molar-refractivity contribution < 1.29 is 13.2 Å². The summed E-state index contributed by atoms with van der Waals surface area (Å²) in [6, 6.07) is 6.68. The Bertz CT molecular complexity index is 927. The highest BCUT2D eigenvalue weighted by molar-refractivity contribution is 7.93. The molecule has 0 saturated carbocycles. The quantitative estimate of drug-likeness (QED) is 0.563. The van der Waals surface area contributed by atoms with E-state index in [1.54, 1.807) is 24.3 Å². The van der Waals surface area contributed by atoms with Gasteiger partial charge in [-0.1, -0.05) is 56.4 Å². The summed E-state index contributed by atoms with van der Waals surface area (Å²) in [5.74, 6) is -0.166. The van der Waals surface area contributed by atoms with Gasteiger partial charge in [-0.15, -0.1) is 10.2 Å². The van der Waals surface area contributed by atoms with Gasteiger partial charge in [0.1, 0.15) is 5.01 Å². The van der Waals surface area contributed by atoms with Gasteiger partial charge in [0.15, 0.2) is 0 Å². The molecule has 7 nitrogen and oxygen atoms in total. The van der Waals surface area contributed by atoms with Crippen LogP contribution in [0.1, 0.15) is 67.2 Å². The second-order valence-electron chi connectivity index (χ2n) is 7.26. The van der Waals surface area contributed by atoms with Crippen LogP contribution in [0.2, 0.25) is 0 Å². The molecule has 29 heavy (non-hydrogen) atoms. The average molecular weight is 437 g/mol. The second kappa shape index (κ2) is 10.2. The van der Waals surface area contributed by atoms with Crippen LogP contribution < -0.4 is 9.62 Å². The van der Waals surface area contributed by atoms with Crippen LogP contribution in [0.15, 0.2) is 24.3 Å². The number of carbonyl (C=O) groups is 1. The normalized spacial score (nSPS) is 15.6. The third kappa shape index (κ3) is 5.99. The molecule has 0 unspecified atom stereocenters. The zero-order valence-electron chi connectivity index (χ0n) is 16.8. The lowest BCUT2D eigenvalue weighted by atomic mass is 10.1. The molecule has 0 atom stereocenters. The Kier molecular flexibility index (Phi) is 7.60. The number of nitrogens with one attached hydrogen (secondary N) is 1. The van der Waals surface area contributed by atoms with Gasteiger partial charge < -0.3 is 0 Å². The molecule has 1 saturated heterocycles. The smallest absolute Gasteiger partial charge is 0.257 e. The fourth-order valence-electron chi connectivity index (χ4n) is 3.36. The highest BCUT2D eigenvalue weighted by Crippen LogP contribution is 2.25. The fourth-order valence-corrected chi connectivity index (χ4v) is 5.70. The van der Waals surface area contributed by atoms with Crippen LogP contribution in [0.3, 0.4) is 0 Å². The summed E-state index contributed by atoms with van der Waals surface area (Å²) in [5.41, 5.74) is 0.924. The summed E-state index contributed by atoms with van der Waals surface area (Å²) in [4.78, 5) is 12.6. The summed E-state index contributed by atoms with van der Waals surface area (Å²) in [7, 11) is -3.27. The van der Waals surface area contributed by atoms with E-state index in [9.17, 15) is 13.2 Å². The summed E-state index contributed by atoms with van der Waals surface area (Å²) in [6.07, 6.45) is 8.82. The molecule has 1 N–H and O–H groups in total. The largest absolute Gasteiger partial charge is 0.296 e. The first-order chi connectivity index (χ1) is 14.0. The van der Waals surface area contributed by atoms with Gasteiger partial charge in [0.25, 0.3) is 5.91 Å². The first-order valence-corrected chi connectivity index (χ1v) is 12.7. The molecular formula is C20H28N4O3S2. The van der Waals surface area contributed by atoms with Gasteiger partial charge in [-0.3, -0.25) is 14.4 Å². The van der Waals surface area contributed by atoms with E-state index < -0.39 is 10.0 Å². The number of carbonyl (C=O) groups excluding carboxylic acids is 1. The van der Waals surface area contributed by atoms with Crippen LogP contribution in [-0.2, 0) is 16.4 Å². The molecule has 3 rings (SSSR count). The number of sulfonamides is 1. The van der Waals surface area contributed by atoms with Crippen LogP contribution >= 0.6 is 11.3 Å². The van der Waals surface area contributed by atoms with Crippen molar-refractivity contribution in [3.05, 3.63) is 34.8 Å². The second-order valence-corrected chi connectivity index (χ2v) is 10.3. The Labute approximate surface area is 176 Å². The minimum Gasteiger partial charge on any atom is -0.296 e. The van der Waals surface area contributed by atoms with Crippen LogP contribution in [-0.4, -0.2) is 36.8 Å². The SMILES string of the molecule is CCCCCCCCc1nnc(NC(=O)c2cccc(N3CCCS3(=O)=O)c2)s1. The molecule has 1 aromatic carbocycles. The van der Waals surface area contributed by atoms with Crippen LogP contribution in [0.5, 0.6) is 0 Å². The van der Waals surface area contributed by atoms with Crippen molar-refractivity contribution in [3.8, 4) is 0 Å². The Morgan fingerprint density at radius 2 is 1.97 bits per heavy atom. The average Bonchev–Trinajstić information content (AvgIpc) is 3.30. The third-order valence-corrected chi connectivity index (χ3v) is 7.70. The van der Waals surface area contributed by atoms with Crippen molar-refractivity contribution in [2.45, 2.75) is 58.3 Å². The molecule has 1 amide bonds. The number of unbranched alkanes of at least 4 members (excludes halogenated alkanes) is 5. The molecule has 2 heterocycles. The van der Waals surface area contributed by atoms with Crippen molar-refractivity contribution >= 4 is 38.1 Å². The minimum atomic E-state index is -3.27. The summed E-state index contributed by atoms with van der Waals surface area (Å²) in [5, 5.41) is 12.4. The zero-order valence-corrected chi connectivity index (χ0v) is 18.4. The molecule has 0 radical (unpaired) electrons. The van der Waals surface area contributed by atoms with Crippen molar-refractivity contribution in [2.24, 2.45) is 0 Å². The predicted molar refractivity (Wildman–Crippen MR) is 117 cm³/mol. The number of nitrogens with zero attached hydrogens (tertiary/aromatic N) is 3. The molecule has 9 heteroatoms. The number of anilines is 2. The van der Waals surface area contributed by atoms with Crippen molar-refractivity contribution in [1.29, 1.82) is 0 Å². The first-order valence-electron chi connectivity index (χ1n) is 10.2. The fraction of sp³-hybridized carbons (Fsp3) is 0.550. The van der Waals surface area contributed by atoms with E-state index >= 15 is 0 Å². The van der Waals surface area contributed by atoms with Gasteiger partial charge >= 0.3 is 0 Å². The first kappa shape index (κ1) is 21.7. The van der Waals surface area contributed by atoms with E-state index in [-0.39, 0.29) is 11.7 Å². The van der Waals surface area contributed by atoms with Crippen molar-refractivity contribution in [3.63, 3.8) is 0 Å². The summed E-state index contributed by atoms with van der Waals surface area (Å²) >= 11 is 1.39. The van der Waals surface area contributed by atoms with E-state index in [2.05, 4.69) is 22.4 Å². The number of rotatable bonds is 10. The number of hydrogen-bond acceptors (Lipinski definition) is 6. The lowest BCUT2D eigenvalue weighted by Crippen LogP contribution is -2.25. The molecule has 1 fully saturated rings. The van der Waals surface area contributed by atoms with Gasteiger partial charge in [-0.05, 0) is 31.0 Å². The molecular weight excluding hydrogens is 408 g/mol. The van der Waals surface area contributed by atoms with E-state index in [1.807, 2.05) is 0 Å². The highest BCUT2D eigenvalue weighted by Gasteiger charge is 2.28. The number of amides is 1. The summed E-state index contributed by atoms with van der Waals surface area (Å²) in [6.45, 7) is 2.66. The number of benzene rings is 1. The lowest BCUT2D eigenvalue weighted by molar-refractivity contribution is 0.102. The molecule has 1 aromatic heterocycles. The van der Waals surface area contributed by atoms with E-state index in [1.165, 1.54) is 47.7 Å². The van der Waals surface area contributed by atoms with E-state index in [4.69, 9.17) is 0 Å². The molecule has 0 bridgehead atoms. The summed E-state index contributed by atoms with van der Waals surface area (Å²) < 4.78 is 25.6. The van der Waals surface area contributed by atoms with Gasteiger partial charge in [0.2, 0.25) is 15.2 Å². The zero-order chi connectivity index (χ0) is 20.7. The van der Waals surface area contributed by atoms with Gasteiger partial charge in [-0.25, -0.2) is 8.42 Å². The number of aromatic nitrogens is 2. The topological polar surface area (TPSA) is 92.3 Å². The molecule has 0 spiro atoms. The monoisotopic (exact) mass is 436 g/mol. The Morgan fingerprint density at radius 3 is 2.72 bits per heavy atom. The van der Waals surface area contributed by atoms with Crippen LogP contribution in [0.25, 0.3) is 0 Å². The van der Waals surface area contributed by atoms with Crippen LogP contribution in [0.4, 0.5) is 10.8 Å². The highest BCUT2D eigenvalue weighted by atomic mass is 32.2. The third-order valence-electron chi connectivity index (χ3n) is 4.93. The Hall–Kier alpha value is -2.00. The van der Waals surface area contributed by atoms with Gasteiger partial charge in [-0.2, -0.15) is 0 Å². The van der Waals surface area contributed by atoms with Crippen LogP contribution in [0, 0.1) is 0 Å². The van der Waals surface area contributed by atoms with Crippen molar-refractivity contribution in [2.75, 3.05) is 21.9 Å². The maximum atomic E-state index is 12.6. The van der Waals surface area contributed by atoms with E-state index in [0.29, 0.717) is 29.3 Å². The Morgan fingerprint density at radius 1 is 1.17 bits per heavy atom. The minimum absolute atomic E-state index is 0.148. The van der Waals surface area contributed by atoms with Gasteiger partial charge in [0.05, 0.1) is 11.4 Å². The maximum absolute atomic E-state index is 12.6. The van der Waals surface area contributed by atoms with E-state index in [0.717, 1.165) is 17.8 Å². The lowest BCUT2D eigenvalue weighted by Gasteiger charge is -2.17. The molecule has 2 aromatic rings. The molecule has 1 aliphatic heterocycles. The maximum Gasteiger partial charge on any atom is 0.257 e. The molecule has 158 valence electrons. The predicted octanol–water partition coefficient (Wildman–Crippen LogP) is 4.23. The Balaban J connectivity index is 1.54. The van der Waals surface area contributed by atoms with Crippen molar-refractivity contribution in [1.82, 2.24) is 10.2 Å². The number of hydrogen-bond donors (Lipinski definition) is 1. The van der Waals surface area contributed by atoms with Gasteiger partial charge in [0, 0.05) is 18.5 Å². The molecule has 0 aliphatic carbocycles. The number of aryl methyl sites for hydroxylation is 1. The standard InChI is InChI=1S/C20H28N4O3S2/c1-2-3-4-5-6-7-12-18-22-23-20(28-18)21-19(25)16-10-8-11-17(15-16)24-13-9-14-29(24,26)27/h8,10-11,15H,2-7,9,12-14H2,1H3,(H,21,23,25). The molecule has 1 aliphatic rings.